The maximum atomic E-state index is 12.6. The third-order valence-electron chi connectivity index (χ3n) is 4.41. The van der Waals surface area contributed by atoms with E-state index >= 15 is 0 Å². The number of carboxylic acid groups (broad SMARTS) is 2. The van der Waals surface area contributed by atoms with Crippen LogP contribution in [0.4, 0.5) is 0 Å². The second-order valence-corrected chi connectivity index (χ2v) is 6.39. The predicted octanol–water partition coefficient (Wildman–Crippen LogP) is -1.30. The maximum absolute atomic E-state index is 12.6. The van der Waals surface area contributed by atoms with Crippen LogP contribution in [0.25, 0.3) is 0 Å². The van der Waals surface area contributed by atoms with Crippen molar-refractivity contribution in [3.05, 3.63) is 18.2 Å². The van der Waals surface area contributed by atoms with Crippen molar-refractivity contribution in [2.24, 2.45) is 5.73 Å². The Balaban J connectivity index is 1.99. The lowest BCUT2D eigenvalue weighted by Crippen LogP contribution is -2.54. The minimum atomic E-state index is -1.21. The summed E-state index contributed by atoms with van der Waals surface area (Å²) >= 11 is 0. The number of nitrogens with one attached hydrogen (secondary N) is 2. The number of carboxylic acids is 2. The van der Waals surface area contributed by atoms with Gasteiger partial charge in [0, 0.05) is 25.6 Å². The fourth-order valence-corrected chi connectivity index (χ4v) is 3.00. The van der Waals surface area contributed by atoms with Crippen molar-refractivity contribution in [1.82, 2.24) is 20.2 Å². The van der Waals surface area contributed by atoms with E-state index in [9.17, 15) is 24.3 Å². The first kappa shape index (κ1) is 20.4. The number of likely N-dealkylation sites (tertiary alicyclic amines) is 1. The van der Waals surface area contributed by atoms with Crippen molar-refractivity contribution < 1.29 is 29.4 Å². The molecule has 0 aliphatic carbocycles. The summed E-state index contributed by atoms with van der Waals surface area (Å²) in [4.78, 5) is 55.0. The van der Waals surface area contributed by atoms with Gasteiger partial charge in [-0.1, -0.05) is 0 Å². The highest BCUT2D eigenvalue weighted by molar-refractivity contribution is 5.92. The van der Waals surface area contributed by atoms with Gasteiger partial charge < -0.3 is 31.1 Å². The molecule has 3 atom stereocenters. The molecule has 1 aliphatic heterocycles. The highest BCUT2D eigenvalue weighted by atomic mass is 16.4. The number of nitrogens with zero attached hydrogens (tertiary/aromatic N) is 2. The average molecular weight is 381 g/mol. The van der Waals surface area contributed by atoms with E-state index in [2.05, 4.69) is 15.3 Å². The first-order valence-electron chi connectivity index (χ1n) is 8.58. The number of H-pyrrole nitrogens is 1. The van der Waals surface area contributed by atoms with Gasteiger partial charge in [-0.2, -0.15) is 0 Å². The van der Waals surface area contributed by atoms with Gasteiger partial charge in [-0.25, -0.2) is 9.78 Å². The summed E-state index contributed by atoms with van der Waals surface area (Å²) in [5.74, 6) is -3.35. The Morgan fingerprint density at radius 1 is 1.37 bits per heavy atom. The molecule has 11 nitrogen and oxygen atoms in total. The van der Waals surface area contributed by atoms with Crippen LogP contribution in [0.5, 0.6) is 0 Å². The molecule has 2 heterocycles. The van der Waals surface area contributed by atoms with Crippen LogP contribution in [0.3, 0.4) is 0 Å². The van der Waals surface area contributed by atoms with Crippen LogP contribution in [0.2, 0.25) is 0 Å². The molecule has 0 aromatic carbocycles. The number of hydrogen-bond acceptors (Lipinski definition) is 6. The molecule has 2 rings (SSSR count). The summed E-state index contributed by atoms with van der Waals surface area (Å²) in [5, 5.41) is 20.5. The molecule has 1 aliphatic rings. The van der Waals surface area contributed by atoms with Gasteiger partial charge in [-0.3, -0.25) is 14.4 Å². The van der Waals surface area contributed by atoms with Crippen molar-refractivity contribution in [2.45, 2.75) is 50.2 Å². The minimum absolute atomic E-state index is 0.00334. The second kappa shape index (κ2) is 9.12. The smallest absolute Gasteiger partial charge is 0.326 e. The monoisotopic (exact) mass is 381 g/mol. The van der Waals surface area contributed by atoms with Crippen LogP contribution in [-0.2, 0) is 25.6 Å². The largest absolute Gasteiger partial charge is 0.481 e. The molecule has 6 N–H and O–H groups in total. The van der Waals surface area contributed by atoms with Crippen molar-refractivity contribution in [3.63, 3.8) is 0 Å². The van der Waals surface area contributed by atoms with Crippen molar-refractivity contribution >= 4 is 23.8 Å². The molecule has 1 aromatic rings. The summed E-state index contributed by atoms with van der Waals surface area (Å²) in [5.41, 5.74) is 6.24. The summed E-state index contributed by atoms with van der Waals surface area (Å²) in [6, 6.07) is -3.03. The van der Waals surface area contributed by atoms with Crippen LogP contribution < -0.4 is 11.1 Å². The zero-order chi connectivity index (χ0) is 20.0. The molecule has 27 heavy (non-hydrogen) atoms. The lowest BCUT2D eigenvalue weighted by atomic mass is 10.1. The van der Waals surface area contributed by atoms with Crippen molar-refractivity contribution in [1.29, 1.82) is 0 Å². The number of aromatic amines is 1. The van der Waals surface area contributed by atoms with Gasteiger partial charge in [0.05, 0.1) is 18.1 Å². The van der Waals surface area contributed by atoms with Gasteiger partial charge in [-0.05, 0) is 19.3 Å². The molecule has 1 aromatic heterocycles. The number of carbonyl (C=O) groups excluding carboxylic acids is 2. The maximum Gasteiger partial charge on any atom is 0.326 e. The van der Waals surface area contributed by atoms with Crippen molar-refractivity contribution in [3.8, 4) is 0 Å². The van der Waals surface area contributed by atoms with Gasteiger partial charge in [0.25, 0.3) is 0 Å². The number of rotatable bonds is 9. The zero-order valence-corrected chi connectivity index (χ0v) is 14.6. The first-order chi connectivity index (χ1) is 12.8. The molecular formula is C16H23N5O6. The molecule has 0 spiro atoms. The lowest BCUT2D eigenvalue weighted by Gasteiger charge is -2.27. The van der Waals surface area contributed by atoms with E-state index in [4.69, 9.17) is 10.8 Å². The highest BCUT2D eigenvalue weighted by Crippen LogP contribution is 2.19. The number of amides is 2. The summed E-state index contributed by atoms with van der Waals surface area (Å²) in [6.07, 6.45) is 3.63. The summed E-state index contributed by atoms with van der Waals surface area (Å²) < 4.78 is 0. The van der Waals surface area contributed by atoms with Gasteiger partial charge in [0.15, 0.2) is 0 Å². The Morgan fingerprint density at radius 2 is 2.11 bits per heavy atom. The number of hydrogen-bond donors (Lipinski definition) is 5. The second-order valence-electron chi connectivity index (χ2n) is 6.39. The summed E-state index contributed by atoms with van der Waals surface area (Å²) in [6.45, 7) is 0.314. The Hall–Kier alpha value is -2.95. The zero-order valence-electron chi connectivity index (χ0n) is 14.6. The fourth-order valence-electron chi connectivity index (χ4n) is 3.00. The lowest BCUT2D eigenvalue weighted by molar-refractivity contribution is -0.144. The fraction of sp³-hybridized carbons (Fsp3) is 0.562. The highest BCUT2D eigenvalue weighted by Gasteiger charge is 2.37. The number of imidazole rings is 1. The number of nitrogens with two attached hydrogens (primary N) is 1. The van der Waals surface area contributed by atoms with E-state index in [-0.39, 0.29) is 19.3 Å². The molecule has 0 bridgehead atoms. The minimum Gasteiger partial charge on any atom is -0.481 e. The third kappa shape index (κ3) is 5.51. The Morgan fingerprint density at radius 3 is 2.70 bits per heavy atom. The number of aliphatic carboxylic acids is 2. The van der Waals surface area contributed by atoms with Gasteiger partial charge >= 0.3 is 11.9 Å². The van der Waals surface area contributed by atoms with Gasteiger partial charge in [0.2, 0.25) is 11.8 Å². The summed E-state index contributed by atoms with van der Waals surface area (Å²) in [7, 11) is 0. The quantitative estimate of drug-likeness (QED) is 0.350. The van der Waals surface area contributed by atoms with E-state index < -0.39 is 41.9 Å². The number of aromatic nitrogens is 2. The Kier molecular flexibility index (Phi) is 6.88. The van der Waals surface area contributed by atoms with Crippen LogP contribution in [0.15, 0.2) is 12.5 Å². The topological polar surface area (TPSA) is 179 Å². The first-order valence-corrected chi connectivity index (χ1v) is 8.58. The van der Waals surface area contributed by atoms with E-state index in [1.54, 1.807) is 0 Å². The molecule has 1 fully saturated rings. The third-order valence-corrected chi connectivity index (χ3v) is 4.41. The molecule has 1 saturated heterocycles. The van der Waals surface area contributed by atoms with E-state index in [0.717, 1.165) is 0 Å². The molecule has 148 valence electrons. The standard InChI is InChI=1S/C16H23N5O6/c17-10(3-4-13(22)23)15(25)21-5-1-2-12(21)14(24)20-11(16(26)27)6-9-7-18-8-19-9/h7-8,10-12H,1-6,17H2,(H,18,19)(H,20,24)(H,22,23)(H,26,27)/t10-,11-,12-/m0/s1. The van der Waals surface area contributed by atoms with Crippen LogP contribution in [0.1, 0.15) is 31.4 Å². The average Bonchev–Trinajstić information content (AvgIpc) is 3.29. The van der Waals surface area contributed by atoms with Gasteiger partial charge in [0.1, 0.15) is 12.1 Å². The molecule has 2 amide bonds. The number of carbonyl (C=O) groups is 4. The predicted molar refractivity (Wildman–Crippen MR) is 91.4 cm³/mol. The Bertz CT molecular complexity index is 691. The normalized spacial score (nSPS) is 18.7. The van der Waals surface area contributed by atoms with Crippen LogP contribution >= 0.6 is 0 Å². The SMILES string of the molecule is N[C@@H](CCC(=O)O)C(=O)N1CCC[C@H]1C(=O)N[C@@H](Cc1c[nH]cn1)C(=O)O. The van der Waals surface area contributed by atoms with Crippen LogP contribution in [0, 0.1) is 0 Å². The van der Waals surface area contributed by atoms with Gasteiger partial charge in [-0.15, -0.1) is 0 Å². The molecule has 0 saturated carbocycles. The Labute approximate surface area is 154 Å². The van der Waals surface area contributed by atoms with Crippen LogP contribution in [-0.4, -0.2) is 73.5 Å². The van der Waals surface area contributed by atoms with Crippen molar-refractivity contribution in [2.75, 3.05) is 6.54 Å². The molecule has 11 heteroatoms. The van der Waals surface area contributed by atoms with E-state index in [1.807, 2.05) is 0 Å². The molecular weight excluding hydrogens is 358 g/mol. The molecule has 0 radical (unpaired) electrons. The van der Waals surface area contributed by atoms with E-state index in [1.165, 1.54) is 17.4 Å². The van der Waals surface area contributed by atoms with E-state index in [0.29, 0.717) is 25.1 Å². The molecule has 0 unspecified atom stereocenters.